The van der Waals surface area contributed by atoms with Crippen LogP contribution in [0.5, 0.6) is 0 Å². The van der Waals surface area contributed by atoms with Gasteiger partial charge in [0, 0.05) is 0 Å². The summed E-state index contributed by atoms with van der Waals surface area (Å²) in [6.07, 6.45) is 0. The zero-order chi connectivity index (χ0) is 14.8. The monoisotopic (exact) mass is 288 g/mol. The van der Waals surface area contributed by atoms with Crippen LogP contribution >= 0.6 is 0 Å². The van der Waals surface area contributed by atoms with E-state index in [0.717, 1.165) is 16.7 Å². The summed E-state index contributed by atoms with van der Waals surface area (Å²) in [4.78, 5) is 0.469. The van der Waals surface area contributed by atoms with E-state index in [-0.39, 0.29) is 11.7 Å². The Morgan fingerprint density at radius 1 is 0.950 bits per heavy atom. The smallest absolute Gasteiger partial charge is 0.178 e. The van der Waals surface area contributed by atoms with Crippen molar-refractivity contribution in [3.63, 3.8) is 0 Å². The molecule has 0 unspecified atom stereocenters. The molecular weight excluding hydrogens is 268 g/mol. The van der Waals surface area contributed by atoms with Crippen molar-refractivity contribution in [3.05, 3.63) is 54.1 Å². The highest BCUT2D eigenvalue weighted by Gasteiger charge is 2.19. The molecule has 2 aromatic rings. The number of hydrogen-bond donors (Lipinski definition) is 0. The number of rotatable bonds is 4. The Balaban J connectivity index is 2.64. The number of benzene rings is 2. The van der Waals surface area contributed by atoms with E-state index < -0.39 is 9.84 Å². The fraction of sp³-hybridized carbons (Fsp3) is 0.294. The molecule has 0 heterocycles. The molecule has 3 heteroatoms. The molecule has 0 saturated carbocycles. The van der Waals surface area contributed by atoms with E-state index in [9.17, 15) is 8.42 Å². The molecule has 0 atom stereocenters. The van der Waals surface area contributed by atoms with Gasteiger partial charge in [-0.05, 0) is 28.7 Å². The van der Waals surface area contributed by atoms with Gasteiger partial charge in [-0.3, -0.25) is 0 Å². The second-order valence-corrected chi connectivity index (χ2v) is 7.42. The second kappa shape index (κ2) is 5.80. The highest BCUT2D eigenvalue weighted by Crippen LogP contribution is 2.30. The largest absolute Gasteiger partial charge is 0.224 e. The predicted octanol–water partition coefficient (Wildman–Crippen LogP) is 4.27. The summed E-state index contributed by atoms with van der Waals surface area (Å²) in [5, 5.41) is 0. The minimum absolute atomic E-state index is 0.130. The fourth-order valence-electron chi connectivity index (χ4n) is 2.25. The van der Waals surface area contributed by atoms with Gasteiger partial charge >= 0.3 is 0 Å². The van der Waals surface area contributed by atoms with Gasteiger partial charge in [0.15, 0.2) is 9.84 Å². The highest BCUT2D eigenvalue weighted by atomic mass is 32.2. The van der Waals surface area contributed by atoms with Crippen LogP contribution in [-0.2, 0) is 9.84 Å². The van der Waals surface area contributed by atoms with E-state index in [1.807, 2.05) is 62.4 Å². The van der Waals surface area contributed by atoms with Crippen molar-refractivity contribution in [2.75, 3.05) is 5.75 Å². The van der Waals surface area contributed by atoms with Crippen molar-refractivity contribution < 1.29 is 8.42 Å². The summed E-state index contributed by atoms with van der Waals surface area (Å²) in [5.74, 6) is 0.321. The lowest BCUT2D eigenvalue weighted by atomic mass is 9.98. The Labute approximate surface area is 121 Å². The van der Waals surface area contributed by atoms with Gasteiger partial charge in [-0.25, -0.2) is 8.42 Å². The molecule has 20 heavy (non-hydrogen) atoms. The number of hydrogen-bond acceptors (Lipinski definition) is 2. The summed E-state index contributed by atoms with van der Waals surface area (Å²) in [5.41, 5.74) is 2.88. The van der Waals surface area contributed by atoms with Gasteiger partial charge in [0.25, 0.3) is 0 Å². The van der Waals surface area contributed by atoms with Gasteiger partial charge in [0.05, 0.1) is 10.6 Å². The first kappa shape index (κ1) is 14.8. The minimum atomic E-state index is -3.20. The average Bonchev–Trinajstić information content (AvgIpc) is 2.47. The minimum Gasteiger partial charge on any atom is -0.224 e. The van der Waals surface area contributed by atoms with Crippen LogP contribution in [0.4, 0.5) is 0 Å². The van der Waals surface area contributed by atoms with Crippen LogP contribution in [0.25, 0.3) is 11.1 Å². The second-order valence-electron chi connectivity index (χ2n) is 5.18. The summed E-state index contributed by atoms with van der Waals surface area (Å²) in [6.45, 7) is 5.73. The van der Waals surface area contributed by atoms with Gasteiger partial charge in [0.2, 0.25) is 0 Å². The molecular formula is C17H20O2S. The molecule has 2 rings (SSSR count). The van der Waals surface area contributed by atoms with Gasteiger partial charge in [-0.15, -0.1) is 0 Å². The lowest BCUT2D eigenvalue weighted by Crippen LogP contribution is -2.08. The Kier molecular flexibility index (Phi) is 4.29. The van der Waals surface area contributed by atoms with Crippen molar-refractivity contribution in [1.82, 2.24) is 0 Å². The maximum atomic E-state index is 12.3. The van der Waals surface area contributed by atoms with Crippen molar-refractivity contribution in [1.29, 1.82) is 0 Å². The van der Waals surface area contributed by atoms with Crippen molar-refractivity contribution >= 4 is 9.84 Å². The zero-order valence-electron chi connectivity index (χ0n) is 12.1. The first-order valence-electron chi connectivity index (χ1n) is 6.88. The van der Waals surface area contributed by atoms with Gasteiger partial charge in [-0.1, -0.05) is 63.2 Å². The molecule has 2 aromatic carbocycles. The molecule has 106 valence electrons. The van der Waals surface area contributed by atoms with Crippen molar-refractivity contribution in [2.45, 2.75) is 31.6 Å². The lowest BCUT2D eigenvalue weighted by molar-refractivity contribution is 0.595. The molecule has 2 nitrogen and oxygen atoms in total. The zero-order valence-corrected chi connectivity index (χ0v) is 12.9. The van der Waals surface area contributed by atoms with Gasteiger partial charge in [-0.2, -0.15) is 0 Å². The topological polar surface area (TPSA) is 34.1 Å². The highest BCUT2D eigenvalue weighted by molar-refractivity contribution is 7.91. The fourth-order valence-corrected chi connectivity index (χ4v) is 3.53. The van der Waals surface area contributed by atoms with Crippen LogP contribution in [0, 0.1) is 0 Å². The molecule has 0 aromatic heterocycles. The molecule has 0 aliphatic heterocycles. The molecule has 0 aliphatic rings. The molecule has 0 aliphatic carbocycles. The molecule has 0 fully saturated rings. The van der Waals surface area contributed by atoms with Crippen LogP contribution in [0.15, 0.2) is 53.4 Å². The summed E-state index contributed by atoms with van der Waals surface area (Å²) < 4.78 is 24.6. The van der Waals surface area contributed by atoms with Crippen molar-refractivity contribution in [2.24, 2.45) is 0 Å². The Morgan fingerprint density at radius 2 is 1.60 bits per heavy atom. The molecule has 0 saturated heterocycles. The lowest BCUT2D eigenvalue weighted by Gasteiger charge is -2.14. The molecule has 0 amide bonds. The Hall–Kier alpha value is -1.61. The van der Waals surface area contributed by atoms with Crippen LogP contribution in [-0.4, -0.2) is 14.2 Å². The Bertz CT molecular complexity index is 686. The molecule has 0 N–H and O–H groups in total. The van der Waals surface area contributed by atoms with E-state index >= 15 is 0 Å². The SMILES string of the molecule is CCS(=O)(=O)c1cc(-c2ccccc2)ccc1C(C)C. The van der Waals surface area contributed by atoms with Crippen molar-refractivity contribution in [3.8, 4) is 11.1 Å². The standard InChI is InChI=1S/C17H20O2S/c1-4-20(18,19)17-12-15(10-11-16(17)13(2)3)14-8-6-5-7-9-14/h5-13H,4H2,1-3H3. The summed E-state index contributed by atoms with van der Waals surface area (Å²) in [6, 6.07) is 15.6. The van der Waals surface area contributed by atoms with Gasteiger partial charge < -0.3 is 0 Å². The summed E-state index contributed by atoms with van der Waals surface area (Å²) >= 11 is 0. The van der Waals surface area contributed by atoms with E-state index in [2.05, 4.69) is 0 Å². The van der Waals surface area contributed by atoms with Gasteiger partial charge in [0.1, 0.15) is 0 Å². The molecule has 0 spiro atoms. The van der Waals surface area contributed by atoms with E-state index in [1.54, 1.807) is 6.92 Å². The third kappa shape index (κ3) is 2.93. The summed E-state index contributed by atoms with van der Waals surface area (Å²) in [7, 11) is -3.20. The first-order valence-corrected chi connectivity index (χ1v) is 8.53. The first-order chi connectivity index (χ1) is 9.45. The van der Waals surface area contributed by atoms with Crippen LogP contribution in [0.2, 0.25) is 0 Å². The number of sulfone groups is 1. The van der Waals surface area contributed by atoms with Crippen LogP contribution in [0.3, 0.4) is 0 Å². The maximum absolute atomic E-state index is 12.3. The van der Waals surface area contributed by atoms with E-state index in [0.29, 0.717) is 4.90 Å². The molecule has 0 bridgehead atoms. The normalized spacial score (nSPS) is 11.8. The van der Waals surface area contributed by atoms with Crippen LogP contribution < -0.4 is 0 Å². The van der Waals surface area contributed by atoms with Crippen LogP contribution in [0.1, 0.15) is 32.3 Å². The third-order valence-corrected chi connectivity index (χ3v) is 5.24. The van der Waals surface area contributed by atoms with E-state index in [4.69, 9.17) is 0 Å². The van der Waals surface area contributed by atoms with E-state index in [1.165, 1.54) is 0 Å². The maximum Gasteiger partial charge on any atom is 0.178 e. The predicted molar refractivity (Wildman–Crippen MR) is 83.7 cm³/mol. The molecule has 0 radical (unpaired) electrons. The Morgan fingerprint density at radius 3 is 2.15 bits per heavy atom. The quantitative estimate of drug-likeness (QED) is 0.842. The third-order valence-electron chi connectivity index (χ3n) is 3.46. The average molecular weight is 288 g/mol.